The second-order valence-electron chi connectivity index (χ2n) is 7.48. The Morgan fingerprint density at radius 3 is 2.44 bits per heavy atom. The number of hydrogen-bond donors (Lipinski definition) is 1. The van der Waals surface area contributed by atoms with E-state index >= 15 is 0 Å². The van der Waals surface area contributed by atoms with Crippen molar-refractivity contribution in [3.63, 3.8) is 0 Å². The highest BCUT2D eigenvalue weighted by Gasteiger charge is 2.25. The first-order chi connectivity index (χ1) is 13.0. The van der Waals surface area contributed by atoms with E-state index < -0.39 is 12.1 Å². The average molecular weight is 365 g/mol. The molecule has 4 heteroatoms. The lowest BCUT2D eigenvalue weighted by atomic mass is 9.87. The molecular weight excluding hydrogens is 338 g/mol. The number of aryl methyl sites for hydroxylation is 1. The molecule has 0 radical (unpaired) electrons. The number of carbonyl (C=O) groups is 2. The van der Waals surface area contributed by atoms with Crippen molar-refractivity contribution in [1.82, 2.24) is 5.32 Å². The van der Waals surface area contributed by atoms with Crippen molar-refractivity contribution in [2.75, 3.05) is 0 Å². The zero-order chi connectivity index (χ0) is 19.4. The molecule has 2 aromatic carbocycles. The number of nitrogens with one attached hydrogen (secondary N) is 1. The van der Waals surface area contributed by atoms with Gasteiger partial charge in [-0.15, -0.1) is 0 Å². The van der Waals surface area contributed by atoms with Gasteiger partial charge in [0.1, 0.15) is 0 Å². The Bertz CT molecular complexity index is 811. The molecule has 0 spiro atoms. The highest BCUT2D eigenvalue weighted by atomic mass is 16.5. The zero-order valence-corrected chi connectivity index (χ0v) is 16.2. The van der Waals surface area contributed by atoms with Gasteiger partial charge < -0.3 is 10.1 Å². The topological polar surface area (TPSA) is 55.4 Å². The number of carbonyl (C=O) groups excluding carboxylic acids is 2. The molecule has 0 fully saturated rings. The monoisotopic (exact) mass is 365 g/mol. The summed E-state index contributed by atoms with van der Waals surface area (Å²) in [5.74, 6) is -0.334. The number of fused-ring (bicyclic) bond motifs is 1. The van der Waals surface area contributed by atoms with Crippen molar-refractivity contribution in [3.8, 4) is 0 Å². The molecule has 0 saturated heterocycles. The molecule has 0 bridgehead atoms. The van der Waals surface area contributed by atoms with Gasteiger partial charge in [-0.2, -0.15) is 0 Å². The van der Waals surface area contributed by atoms with Crippen molar-refractivity contribution >= 4 is 11.9 Å². The third kappa shape index (κ3) is 4.57. The normalized spacial score (nSPS) is 17.1. The second kappa shape index (κ2) is 8.38. The highest BCUT2D eigenvalue weighted by molar-refractivity contribution is 5.92. The number of rotatable bonds is 5. The van der Waals surface area contributed by atoms with E-state index in [4.69, 9.17) is 4.74 Å². The smallest absolute Gasteiger partial charge is 0.338 e. The number of esters is 1. The van der Waals surface area contributed by atoms with Crippen LogP contribution in [0.25, 0.3) is 0 Å². The number of hydrogen-bond acceptors (Lipinski definition) is 3. The first-order valence-corrected chi connectivity index (χ1v) is 9.65. The van der Waals surface area contributed by atoms with Crippen LogP contribution < -0.4 is 5.32 Å². The van der Waals surface area contributed by atoms with Gasteiger partial charge in [0.05, 0.1) is 11.6 Å². The van der Waals surface area contributed by atoms with E-state index in [1.807, 2.05) is 24.3 Å². The van der Waals surface area contributed by atoms with Crippen LogP contribution in [0.5, 0.6) is 0 Å². The molecule has 142 valence electrons. The van der Waals surface area contributed by atoms with E-state index in [1.165, 1.54) is 11.1 Å². The van der Waals surface area contributed by atoms with Gasteiger partial charge in [-0.3, -0.25) is 4.79 Å². The van der Waals surface area contributed by atoms with Crippen molar-refractivity contribution in [2.24, 2.45) is 0 Å². The molecule has 0 unspecified atom stereocenters. The Kier molecular flexibility index (Phi) is 5.94. The second-order valence-corrected chi connectivity index (χ2v) is 7.48. The Morgan fingerprint density at radius 1 is 1.04 bits per heavy atom. The molecule has 1 N–H and O–H groups in total. The molecule has 0 aromatic heterocycles. The van der Waals surface area contributed by atoms with Crippen molar-refractivity contribution in [1.29, 1.82) is 0 Å². The Morgan fingerprint density at radius 2 is 1.74 bits per heavy atom. The van der Waals surface area contributed by atoms with Crippen LogP contribution in [0.2, 0.25) is 0 Å². The van der Waals surface area contributed by atoms with Crippen LogP contribution in [0.3, 0.4) is 0 Å². The minimum atomic E-state index is -0.837. The van der Waals surface area contributed by atoms with Crippen LogP contribution in [0.1, 0.15) is 72.6 Å². The van der Waals surface area contributed by atoms with E-state index in [0.29, 0.717) is 11.5 Å². The quantitative estimate of drug-likeness (QED) is 0.791. The molecule has 4 nitrogen and oxygen atoms in total. The summed E-state index contributed by atoms with van der Waals surface area (Å²) in [4.78, 5) is 24.9. The van der Waals surface area contributed by atoms with Crippen LogP contribution in [-0.2, 0) is 16.0 Å². The van der Waals surface area contributed by atoms with Crippen molar-refractivity contribution in [2.45, 2.75) is 58.1 Å². The van der Waals surface area contributed by atoms with Crippen LogP contribution in [0.15, 0.2) is 48.5 Å². The lowest BCUT2D eigenvalue weighted by Crippen LogP contribution is -2.39. The Balaban J connectivity index is 1.60. The fourth-order valence-electron chi connectivity index (χ4n) is 3.48. The molecule has 1 aliphatic rings. The first kappa shape index (κ1) is 19.2. The van der Waals surface area contributed by atoms with Gasteiger partial charge in [0.25, 0.3) is 5.91 Å². The third-order valence-corrected chi connectivity index (χ3v) is 5.15. The SMILES string of the molecule is CC(C)c1ccc(C(=O)O[C@@H](C)C(=O)N[C@H]2CCCc3ccccc32)cc1. The van der Waals surface area contributed by atoms with E-state index in [1.54, 1.807) is 19.1 Å². The predicted octanol–water partition coefficient (Wildman–Crippen LogP) is 4.55. The lowest BCUT2D eigenvalue weighted by molar-refractivity contribution is -0.130. The molecule has 27 heavy (non-hydrogen) atoms. The van der Waals surface area contributed by atoms with Gasteiger partial charge >= 0.3 is 5.97 Å². The van der Waals surface area contributed by atoms with E-state index in [-0.39, 0.29) is 11.9 Å². The maximum Gasteiger partial charge on any atom is 0.338 e. The molecule has 0 saturated carbocycles. The van der Waals surface area contributed by atoms with Gasteiger partial charge in [-0.1, -0.05) is 50.2 Å². The van der Waals surface area contributed by atoms with E-state index in [0.717, 1.165) is 24.8 Å². The predicted molar refractivity (Wildman–Crippen MR) is 106 cm³/mol. The molecule has 1 aliphatic carbocycles. The molecule has 2 atom stereocenters. The van der Waals surface area contributed by atoms with Gasteiger partial charge in [0.2, 0.25) is 0 Å². The number of amides is 1. The van der Waals surface area contributed by atoms with Crippen LogP contribution in [0, 0.1) is 0 Å². The third-order valence-electron chi connectivity index (χ3n) is 5.15. The van der Waals surface area contributed by atoms with Crippen molar-refractivity contribution < 1.29 is 14.3 Å². The van der Waals surface area contributed by atoms with Crippen LogP contribution in [0.4, 0.5) is 0 Å². The van der Waals surface area contributed by atoms with E-state index in [2.05, 4.69) is 31.3 Å². The minimum Gasteiger partial charge on any atom is -0.449 e. The summed E-state index contributed by atoms with van der Waals surface area (Å²) < 4.78 is 5.38. The summed E-state index contributed by atoms with van der Waals surface area (Å²) >= 11 is 0. The molecule has 3 rings (SSSR count). The van der Waals surface area contributed by atoms with Gasteiger partial charge in [0, 0.05) is 0 Å². The fourth-order valence-corrected chi connectivity index (χ4v) is 3.48. The van der Waals surface area contributed by atoms with Gasteiger partial charge in [-0.05, 0) is 60.9 Å². The Hall–Kier alpha value is -2.62. The Labute approximate surface area is 160 Å². The largest absolute Gasteiger partial charge is 0.449 e. The summed E-state index contributed by atoms with van der Waals surface area (Å²) in [7, 11) is 0. The maximum atomic E-state index is 12.5. The summed E-state index contributed by atoms with van der Waals surface area (Å²) in [5, 5.41) is 3.04. The molecule has 2 aromatic rings. The zero-order valence-electron chi connectivity index (χ0n) is 16.2. The maximum absolute atomic E-state index is 12.5. The summed E-state index contributed by atoms with van der Waals surface area (Å²) in [6.45, 7) is 5.82. The lowest BCUT2D eigenvalue weighted by Gasteiger charge is -2.27. The highest BCUT2D eigenvalue weighted by Crippen LogP contribution is 2.29. The minimum absolute atomic E-state index is 0.0195. The summed E-state index contributed by atoms with van der Waals surface area (Å²) in [6.07, 6.45) is 2.15. The number of benzene rings is 2. The first-order valence-electron chi connectivity index (χ1n) is 9.65. The van der Waals surface area contributed by atoms with Crippen LogP contribution in [-0.4, -0.2) is 18.0 Å². The van der Waals surface area contributed by atoms with Gasteiger partial charge in [-0.25, -0.2) is 4.79 Å². The van der Waals surface area contributed by atoms with Crippen molar-refractivity contribution in [3.05, 3.63) is 70.8 Å². The average Bonchev–Trinajstić information content (AvgIpc) is 2.68. The summed E-state index contributed by atoms with van der Waals surface area (Å²) in [6, 6.07) is 15.5. The number of ether oxygens (including phenoxy) is 1. The van der Waals surface area contributed by atoms with E-state index in [9.17, 15) is 9.59 Å². The molecule has 1 amide bonds. The van der Waals surface area contributed by atoms with Crippen LogP contribution >= 0.6 is 0 Å². The fraction of sp³-hybridized carbons (Fsp3) is 0.391. The molecule has 0 aliphatic heterocycles. The van der Waals surface area contributed by atoms with Gasteiger partial charge in [0.15, 0.2) is 6.10 Å². The molecule has 0 heterocycles. The standard InChI is InChI=1S/C23H27NO3/c1-15(2)17-11-13-19(14-12-17)23(26)27-16(3)22(25)24-21-10-6-8-18-7-4-5-9-20(18)21/h4-5,7,9,11-16,21H,6,8,10H2,1-3H3,(H,24,25)/t16-,21-/m0/s1. The summed E-state index contributed by atoms with van der Waals surface area (Å²) in [5.41, 5.74) is 4.07. The molecular formula is C23H27NO3.